The smallest absolute Gasteiger partial charge is 0.419 e. The summed E-state index contributed by atoms with van der Waals surface area (Å²) in [6.45, 7) is 1.55. The molecule has 168 valence electrons. The predicted molar refractivity (Wildman–Crippen MR) is 114 cm³/mol. The Hall–Kier alpha value is -4.15. The molecule has 0 bridgehead atoms. The highest BCUT2D eigenvalue weighted by Gasteiger charge is 2.15. The Kier molecular flexibility index (Phi) is 6.88. The van der Waals surface area contributed by atoms with E-state index < -0.39 is 29.2 Å². The minimum absolute atomic E-state index is 0.0346. The van der Waals surface area contributed by atoms with E-state index in [1.807, 2.05) is 13.0 Å². The summed E-state index contributed by atoms with van der Waals surface area (Å²) in [6.07, 6.45) is 0.213. The minimum atomic E-state index is -0.680. The second-order valence-electron chi connectivity index (χ2n) is 6.94. The molecule has 1 N–H and O–H groups in total. The molecule has 0 radical (unpaired) electrons. The first-order chi connectivity index (χ1) is 15.3. The second-order valence-corrected chi connectivity index (χ2v) is 6.94. The number of oxazole rings is 1. The third kappa shape index (κ3) is 5.31. The molecule has 0 aliphatic rings. The van der Waals surface area contributed by atoms with E-state index in [1.54, 1.807) is 12.1 Å². The van der Waals surface area contributed by atoms with Gasteiger partial charge in [-0.1, -0.05) is 6.07 Å². The fourth-order valence-electron chi connectivity index (χ4n) is 3.09. The van der Waals surface area contributed by atoms with Gasteiger partial charge in [-0.3, -0.25) is 24.3 Å². The number of aryl methyl sites for hydroxylation is 2. The van der Waals surface area contributed by atoms with Crippen LogP contribution in [0, 0.1) is 17.0 Å². The lowest BCUT2D eigenvalue weighted by Crippen LogP contribution is -2.21. The number of nitrogens with zero attached hydrogens (tertiary/aromatic N) is 2. The maximum Gasteiger partial charge on any atom is 0.419 e. The first-order valence-corrected chi connectivity index (χ1v) is 9.66. The van der Waals surface area contributed by atoms with Crippen LogP contribution in [0.2, 0.25) is 0 Å². The number of methoxy groups -OCH3 is 1. The molecule has 11 nitrogen and oxygen atoms in total. The predicted octanol–water partition coefficient (Wildman–Crippen LogP) is 2.78. The lowest BCUT2D eigenvalue weighted by atomic mass is 10.2. The number of aromatic nitrogens is 1. The molecule has 0 spiro atoms. The van der Waals surface area contributed by atoms with Gasteiger partial charge in [0.25, 0.3) is 11.6 Å². The number of nitro groups is 1. The van der Waals surface area contributed by atoms with Crippen LogP contribution in [0.4, 0.5) is 11.4 Å². The minimum Gasteiger partial charge on any atom is -0.495 e. The van der Waals surface area contributed by atoms with Gasteiger partial charge in [-0.15, -0.1) is 0 Å². The van der Waals surface area contributed by atoms with Crippen LogP contribution in [0.3, 0.4) is 0 Å². The Labute approximate surface area is 181 Å². The number of nitro benzene ring substituents is 1. The fraction of sp³-hybridized carbons (Fsp3) is 0.286. The number of amides is 1. The molecule has 0 aliphatic carbocycles. The van der Waals surface area contributed by atoms with Crippen LogP contribution < -0.4 is 15.8 Å². The van der Waals surface area contributed by atoms with Crippen LogP contribution in [0.25, 0.3) is 11.1 Å². The molecule has 0 aliphatic heterocycles. The molecule has 3 rings (SSSR count). The van der Waals surface area contributed by atoms with Crippen LogP contribution in [0.1, 0.15) is 18.4 Å². The molecule has 0 fully saturated rings. The average Bonchev–Trinajstić information content (AvgIpc) is 3.07. The fourth-order valence-corrected chi connectivity index (χ4v) is 3.09. The van der Waals surface area contributed by atoms with E-state index in [0.717, 1.165) is 5.56 Å². The first-order valence-electron chi connectivity index (χ1n) is 9.66. The highest BCUT2D eigenvalue weighted by atomic mass is 16.6. The van der Waals surface area contributed by atoms with Crippen molar-refractivity contribution in [1.29, 1.82) is 0 Å². The molecule has 32 heavy (non-hydrogen) atoms. The van der Waals surface area contributed by atoms with Gasteiger partial charge in [0.05, 0.1) is 29.3 Å². The molecule has 2 aromatic carbocycles. The SMILES string of the molecule is COc1ccc(C)cc1NC(=O)COC(=O)CCCn1c(=O)oc2cc([N+](=O)[O-])ccc21. The zero-order valence-corrected chi connectivity index (χ0v) is 17.5. The first kappa shape index (κ1) is 22.5. The van der Waals surface area contributed by atoms with Gasteiger partial charge in [0.15, 0.2) is 12.2 Å². The molecule has 11 heteroatoms. The van der Waals surface area contributed by atoms with Crippen molar-refractivity contribution in [2.45, 2.75) is 26.3 Å². The van der Waals surface area contributed by atoms with Crippen molar-refractivity contribution in [2.24, 2.45) is 0 Å². The zero-order chi connectivity index (χ0) is 23.3. The van der Waals surface area contributed by atoms with Gasteiger partial charge in [0.1, 0.15) is 5.75 Å². The van der Waals surface area contributed by atoms with E-state index >= 15 is 0 Å². The highest BCUT2D eigenvalue weighted by molar-refractivity contribution is 5.94. The number of ether oxygens (including phenoxy) is 2. The van der Waals surface area contributed by atoms with Gasteiger partial charge in [-0.2, -0.15) is 0 Å². The lowest BCUT2D eigenvalue weighted by molar-refractivity contribution is -0.384. The number of hydrogen-bond acceptors (Lipinski definition) is 8. The van der Waals surface area contributed by atoms with Crippen molar-refractivity contribution >= 4 is 34.4 Å². The van der Waals surface area contributed by atoms with E-state index in [2.05, 4.69) is 5.32 Å². The maximum absolute atomic E-state index is 12.1. The summed E-state index contributed by atoms with van der Waals surface area (Å²) in [5, 5.41) is 13.5. The van der Waals surface area contributed by atoms with Gasteiger partial charge < -0.3 is 19.2 Å². The number of rotatable bonds is 9. The molecule has 1 amide bonds. The molecule has 1 aromatic heterocycles. The number of nitrogens with one attached hydrogen (secondary N) is 1. The van der Waals surface area contributed by atoms with Crippen LogP contribution in [-0.4, -0.2) is 35.1 Å². The van der Waals surface area contributed by atoms with Crippen molar-refractivity contribution in [3.05, 3.63) is 62.6 Å². The topological polar surface area (TPSA) is 143 Å². The number of esters is 1. The van der Waals surface area contributed by atoms with Gasteiger partial charge in [0.2, 0.25) is 0 Å². The summed E-state index contributed by atoms with van der Waals surface area (Å²) in [4.78, 5) is 46.3. The van der Waals surface area contributed by atoms with Crippen molar-refractivity contribution in [2.75, 3.05) is 19.0 Å². The molecule has 1 heterocycles. The third-order valence-corrected chi connectivity index (χ3v) is 4.62. The van der Waals surface area contributed by atoms with Gasteiger partial charge in [-0.05, 0) is 37.1 Å². The number of fused-ring (bicyclic) bond motifs is 1. The van der Waals surface area contributed by atoms with E-state index in [1.165, 1.54) is 29.9 Å². The van der Waals surface area contributed by atoms with Crippen molar-refractivity contribution < 1.29 is 28.4 Å². The molecular weight excluding hydrogens is 422 g/mol. The van der Waals surface area contributed by atoms with Crippen LogP contribution in [0.5, 0.6) is 5.75 Å². The molecule has 0 unspecified atom stereocenters. The Balaban J connectivity index is 1.50. The van der Waals surface area contributed by atoms with Crippen LogP contribution in [0.15, 0.2) is 45.6 Å². The molecule has 0 atom stereocenters. The molecule has 3 aromatic rings. The zero-order valence-electron chi connectivity index (χ0n) is 17.5. The van der Waals surface area contributed by atoms with E-state index in [9.17, 15) is 24.5 Å². The molecule has 0 saturated carbocycles. The van der Waals surface area contributed by atoms with Crippen LogP contribution in [-0.2, 0) is 20.9 Å². The molecule has 0 saturated heterocycles. The van der Waals surface area contributed by atoms with Gasteiger partial charge >= 0.3 is 11.7 Å². The van der Waals surface area contributed by atoms with Crippen molar-refractivity contribution in [3.8, 4) is 5.75 Å². The number of benzene rings is 2. The Bertz CT molecular complexity index is 1230. The third-order valence-electron chi connectivity index (χ3n) is 4.62. The van der Waals surface area contributed by atoms with Crippen molar-refractivity contribution in [3.63, 3.8) is 0 Å². The van der Waals surface area contributed by atoms with Crippen LogP contribution >= 0.6 is 0 Å². The maximum atomic E-state index is 12.1. The summed E-state index contributed by atoms with van der Waals surface area (Å²) in [6, 6.07) is 9.15. The lowest BCUT2D eigenvalue weighted by Gasteiger charge is -2.11. The quantitative estimate of drug-likeness (QED) is 0.302. The number of carbonyl (C=O) groups excluding carboxylic acids is 2. The summed E-state index contributed by atoms with van der Waals surface area (Å²) in [5.74, 6) is -1.31. The highest BCUT2D eigenvalue weighted by Crippen LogP contribution is 2.25. The Morgan fingerprint density at radius 1 is 1.22 bits per heavy atom. The van der Waals surface area contributed by atoms with E-state index in [0.29, 0.717) is 17.0 Å². The summed E-state index contributed by atoms with van der Waals surface area (Å²) < 4.78 is 16.5. The van der Waals surface area contributed by atoms with Gasteiger partial charge in [0, 0.05) is 19.0 Å². The number of non-ortho nitro benzene ring substituents is 1. The normalized spacial score (nSPS) is 10.7. The summed E-state index contributed by atoms with van der Waals surface area (Å²) >= 11 is 0. The second kappa shape index (κ2) is 9.77. The van der Waals surface area contributed by atoms with Gasteiger partial charge in [-0.25, -0.2) is 4.79 Å². The van der Waals surface area contributed by atoms with Crippen molar-refractivity contribution in [1.82, 2.24) is 4.57 Å². The van der Waals surface area contributed by atoms with E-state index in [-0.39, 0.29) is 30.7 Å². The number of anilines is 1. The van der Waals surface area contributed by atoms with E-state index in [4.69, 9.17) is 13.9 Å². The molecular formula is C21H21N3O8. The Morgan fingerprint density at radius 3 is 2.72 bits per heavy atom. The Morgan fingerprint density at radius 2 is 2.00 bits per heavy atom. The standard InChI is InChI=1S/C21H21N3O8/c1-13-5-8-17(30-2)15(10-13)22-19(25)12-31-20(26)4-3-9-23-16-7-6-14(24(28)29)11-18(16)32-21(23)27/h5-8,10-11H,3-4,9,12H2,1-2H3,(H,22,25). The average molecular weight is 443 g/mol. The largest absolute Gasteiger partial charge is 0.495 e. The number of carbonyl (C=O) groups is 2. The monoisotopic (exact) mass is 443 g/mol. The summed E-state index contributed by atoms with van der Waals surface area (Å²) in [5.41, 5.74) is 1.69. The number of hydrogen-bond donors (Lipinski definition) is 1. The summed E-state index contributed by atoms with van der Waals surface area (Å²) in [7, 11) is 1.48.